The van der Waals surface area contributed by atoms with Gasteiger partial charge < -0.3 is 10.1 Å². The van der Waals surface area contributed by atoms with E-state index in [0.29, 0.717) is 17.3 Å². The molecule has 0 atom stereocenters. The number of hydrogen-bond donors (Lipinski definition) is 1. The fourth-order valence-corrected chi connectivity index (χ4v) is 2.57. The van der Waals surface area contributed by atoms with Gasteiger partial charge in [0, 0.05) is 12.7 Å². The van der Waals surface area contributed by atoms with Crippen molar-refractivity contribution in [2.75, 3.05) is 12.4 Å². The van der Waals surface area contributed by atoms with E-state index in [1.54, 1.807) is 7.11 Å². The molecule has 1 N–H and O–H groups in total. The molecular weight excluding hydrogens is 330 g/mol. The molecule has 2 rings (SSSR count). The van der Waals surface area contributed by atoms with Crippen molar-refractivity contribution < 1.29 is 4.74 Å². The van der Waals surface area contributed by atoms with Crippen LogP contribution in [0.4, 0.5) is 5.69 Å². The number of benzene rings is 1. The summed E-state index contributed by atoms with van der Waals surface area (Å²) in [5, 5.41) is 8.26. The summed E-state index contributed by atoms with van der Waals surface area (Å²) < 4.78 is 8.01. The Morgan fingerprint density at radius 1 is 1.47 bits per heavy atom. The molecule has 0 spiro atoms. The predicted molar refractivity (Wildman–Crippen MR) is 81.0 cm³/mol. The summed E-state index contributed by atoms with van der Waals surface area (Å²) in [5.74, 6) is 0.671. The van der Waals surface area contributed by atoms with E-state index in [0.717, 1.165) is 21.5 Å². The van der Waals surface area contributed by atoms with Gasteiger partial charge in [-0.3, -0.25) is 4.68 Å². The Morgan fingerprint density at radius 2 is 2.21 bits per heavy atom. The summed E-state index contributed by atoms with van der Waals surface area (Å²) in [5.41, 5.74) is 3.01. The van der Waals surface area contributed by atoms with E-state index in [2.05, 4.69) is 26.3 Å². The Bertz CT molecular complexity index is 598. The third kappa shape index (κ3) is 3.04. The van der Waals surface area contributed by atoms with Gasteiger partial charge >= 0.3 is 0 Å². The van der Waals surface area contributed by atoms with Crippen LogP contribution in [0.15, 0.2) is 22.7 Å². The van der Waals surface area contributed by atoms with E-state index in [1.165, 1.54) is 0 Å². The van der Waals surface area contributed by atoms with Gasteiger partial charge in [-0.25, -0.2) is 0 Å². The molecule has 0 aliphatic carbocycles. The first-order valence-corrected chi connectivity index (χ1v) is 6.95. The highest BCUT2D eigenvalue weighted by Crippen LogP contribution is 2.28. The van der Waals surface area contributed by atoms with E-state index < -0.39 is 0 Å². The third-order valence-electron chi connectivity index (χ3n) is 2.87. The highest BCUT2D eigenvalue weighted by atomic mass is 79.9. The van der Waals surface area contributed by atoms with Gasteiger partial charge in [0.2, 0.25) is 0 Å². The Morgan fingerprint density at radius 3 is 2.74 bits per heavy atom. The minimum Gasteiger partial charge on any atom is -0.495 e. The minimum absolute atomic E-state index is 0.591. The molecule has 6 heteroatoms. The smallest absolute Gasteiger partial charge is 0.137 e. The maximum atomic E-state index is 6.09. The van der Waals surface area contributed by atoms with Crippen LogP contribution in [0.1, 0.15) is 11.4 Å². The number of ether oxygens (including phenoxy) is 1. The standard InChI is InChI=1S/C13H15BrClN3O/c1-8-13(14)11(18(2)17-8)7-16-9-4-5-12(19-3)10(15)6-9/h4-6,16H,7H2,1-3H3. The molecule has 2 aromatic rings. The molecule has 0 unspecified atom stereocenters. The highest BCUT2D eigenvalue weighted by molar-refractivity contribution is 9.10. The van der Waals surface area contributed by atoms with Crippen molar-refractivity contribution in [3.8, 4) is 5.75 Å². The van der Waals surface area contributed by atoms with Crippen LogP contribution in [0.3, 0.4) is 0 Å². The lowest BCUT2D eigenvalue weighted by atomic mass is 10.3. The SMILES string of the molecule is COc1ccc(NCc2c(Br)c(C)nn2C)cc1Cl. The average Bonchev–Trinajstić information content (AvgIpc) is 2.61. The van der Waals surface area contributed by atoms with E-state index in [-0.39, 0.29) is 0 Å². The van der Waals surface area contributed by atoms with Crippen LogP contribution >= 0.6 is 27.5 Å². The largest absolute Gasteiger partial charge is 0.495 e. The van der Waals surface area contributed by atoms with Crippen molar-refractivity contribution in [2.45, 2.75) is 13.5 Å². The lowest BCUT2D eigenvalue weighted by Crippen LogP contribution is -2.06. The Labute approximate surface area is 125 Å². The number of halogens is 2. The second-order valence-corrected chi connectivity index (χ2v) is 5.37. The number of methoxy groups -OCH3 is 1. The first-order valence-electron chi connectivity index (χ1n) is 5.78. The molecule has 0 saturated carbocycles. The molecule has 19 heavy (non-hydrogen) atoms. The number of anilines is 1. The zero-order valence-electron chi connectivity index (χ0n) is 11.0. The number of aromatic nitrogens is 2. The van der Waals surface area contributed by atoms with Crippen LogP contribution < -0.4 is 10.1 Å². The van der Waals surface area contributed by atoms with Gasteiger partial charge in [0.05, 0.1) is 34.5 Å². The van der Waals surface area contributed by atoms with Gasteiger partial charge in [-0.2, -0.15) is 5.10 Å². The number of hydrogen-bond acceptors (Lipinski definition) is 3. The molecule has 0 radical (unpaired) electrons. The number of rotatable bonds is 4. The van der Waals surface area contributed by atoms with Gasteiger partial charge in [0.15, 0.2) is 0 Å². The monoisotopic (exact) mass is 343 g/mol. The predicted octanol–water partition coefficient (Wildman–Crippen LogP) is 3.77. The van der Waals surface area contributed by atoms with E-state index in [4.69, 9.17) is 16.3 Å². The zero-order chi connectivity index (χ0) is 14.0. The Balaban J connectivity index is 2.12. The van der Waals surface area contributed by atoms with Gasteiger partial charge in [0.1, 0.15) is 5.75 Å². The number of nitrogens with one attached hydrogen (secondary N) is 1. The summed E-state index contributed by atoms with van der Waals surface area (Å²) in [7, 11) is 3.53. The van der Waals surface area contributed by atoms with Gasteiger partial charge in [0.25, 0.3) is 0 Å². The van der Waals surface area contributed by atoms with Gasteiger partial charge in [-0.15, -0.1) is 0 Å². The van der Waals surface area contributed by atoms with Crippen molar-refractivity contribution >= 4 is 33.2 Å². The summed E-state index contributed by atoms with van der Waals surface area (Å²) in [6, 6.07) is 5.62. The molecule has 4 nitrogen and oxygen atoms in total. The zero-order valence-corrected chi connectivity index (χ0v) is 13.3. The molecule has 1 aromatic carbocycles. The Hall–Kier alpha value is -1.20. The quantitative estimate of drug-likeness (QED) is 0.918. The van der Waals surface area contributed by atoms with E-state index in [9.17, 15) is 0 Å². The molecule has 0 aliphatic heterocycles. The molecule has 0 amide bonds. The molecule has 0 aliphatic rings. The Kier molecular flexibility index (Phi) is 4.37. The maximum absolute atomic E-state index is 6.09. The fraction of sp³-hybridized carbons (Fsp3) is 0.308. The normalized spacial score (nSPS) is 10.6. The van der Waals surface area contributed by atoms with Crippen molar-refractivity contribution in [1.82, 2.24) is 9.78 Å². The van der Waals surface area contributed by atoms with Crippen LogP contribution in [-0.4, -0.2) is 16.9 Å². The highest BCUT2D eigenvalue weighted by Gasteiger charge is 2.10. The van der Waals surface area contributed by atoms with E-state index in [1.807, 2.05) is 36.9 Å². The van der Waals surface area contributed by atoms with Crippen molar-refractivity contribution in [3.05, 3.63) is 39.1 Å². The topological polar surface area (TPSA) is 39.1 Å². The molecule has 1 aromatic heterocycles. The minimum atomic E-state index is 0.591. The lowest BCUT2D eigenvalue weighted by molar-refractivity contribution is 0.415. The summed E-state index contributed by atoms with van der Waals surface area (Å²) in [4.78, 5) is 0. The van der Waals surface area contributed by atoms with E-state index >= 15 is 0 Å². The molecule has 102 valence electrons. The molecule has 0 fully saturated rings. The van der Waals surface area contributed by atoms with Crippen LogP contribution in [-0.2, 0) is 13.6 Å². The molecule has 0 saturated heterocycles. The first kappa shape index (κ1) is 14.2. The van der Waals surface area contributed by atoms with Crippen LogP contribution in [0.5, 0.6) is 5.75 Å². The second kappa shape index (κ2) is 5.84. The summed E-state index contributed by atoms with van der Waals surface area (Å²) >= 11 is 9.63. The van der Waals surface area contributed by atoms with Gasteiger partial charge in [-0.05, 0) is 41.1 Å². The van der Waals surface area contributed by atoms with Crippen LogP contribution in [0.2, 0.25) is 5.02 Å². The van der Waals surface area contributed by atoms with Crippen LogP contribution in [0.25, 0.3) is 0 Å². The van der Waals surface area contributed by atoms with Crippen molar-refractivity contribution in [1.29, 1.82) is 0 Å². The molecule has 1 heterocycles. The van der Waals surface area contributed by atoms with Gasteiger partial charge in [-0.1, -0.05) is 11.6 Å². The fourth-order valence-electron chi connectivity index (χ4n) is 1.83. The third-order valence-corrected chi connectivity index (χ3v) is 4.20. The van der Waals surface area contributed by atoms with Crippen LogP contribution in [0, 0.1) is 6.92 Å². The summed E-state index contributed by atoms with van der Waals surface area (Å²) in [6.07, 6.45) is 0. The maximum Gasteiger partial charge on any atom is 0.137 e. The van der Waals surface area contributed by atoms with Crippen molar-refractivity contribution in [3.63, 3.8) is 0 Å². The number of nitrogens with zero attached hydrogens (tertiary/aromatic N) is 2. The van der Waals surface area contributed by atoms with Crippen molar-refractivity contribution in [2.24, 2.45) is 7.05 Å². The number of aryl methyl sites for hydroxylation is 2. The second-order valence-electron chi connectivity index (χ2n) is 4.17. The molecule has 0 bridgehead atoms. The lowest BCUT2D eigenvalue weighted by Gasteiger charge is -2.09. The summed E-state index contributed by atoms with van der Waals surface area (Å²) in [6.45, 7) is 2.64. The average molecular weight is 345 g/mol. The molecular formula is C13H15BrClN3O. The first-order chi connectivity index (χ1) is 9.02.